The Balaban J connectivity index is 1.91. The first-order valence-corrected chi connectivity index (χ1v) is 8.90. The zero-order valence-corrected chi connectivity index (χ0v) is 15.1. The highest BCUT2D eigenvalue weighted by atomic mass is 32.1. The van der Waals surface area contributed by atoms with E-state index in [2.05, 4.69) is 4.98 Å². The third-order valence-electron chi connectivity index (χ3n) is 4.16. The van der Waals surface area contributed by atoms with Gasteiger partial charge < -0.3 is 9.15 Å². The van der Waals surface area contributed by atoms with E-state index in [-0.39, 0.29) is 11.7 Å². The number of benzene rings is 2. The van der Waals surface area contributed by atoms with Gasteiger partial charge in [0.25, 0.3) is 5.91 Å². The van der Waals surface area contributed by atoms with E-state index < -0.39 is 0 Å². The van der Waals surface area contributed by atoms with Crippen molar-refractivity contribution < 1.29 is 13.9 Å². The van der Waals surface area contributed by atoms with Gasteiger partial charge in [0.15, 0.2) is 5.13 Å². The Bertz CT molecular complexity index is 1060. The first kappa shape index (κ1) is 16.4. The number of hydrogen-bond donors (Lipinski definition) is 0. The number of furan rings is 1. The summed E-state index contributed by atoms with van der Waals surface area (Å²) >= 11 is 1.40. The van der Waals surface area contributed by atoms with E-state index in [1.54, 1.807) is 26.4 Å². The number of ether oxygens (including phenoxy) is 1. The molecule has 0 aliphatic rings. The van der Waals surface area contributed by atoms with Crippen molar-refractivity contribution in [2.75, 3.05) is 19.1 Å². The lowest BCUT2D eigenvalue weighted by atomic mass is 10.0. The van der Waals surface area contributed by atoms with Gasteiger partial charge in [0.1, 0.15) is 11.3 Å². The second-order valence-corrected chi connectivity index (χ2v) is 6.59. The topological polar surface area (TPSA) is 55.6 Å². The molecule has 130 valence electrons. The van der Waals surface area contributed by atoms with Crippen LogP contribution in [-0.2, 0) is 0 Å². The van der Waals surface area contributed by atoms with Crippen LogP contribution < -0.4 is 9.64 Å². The molecule has 4 aromatic rings. The number of carbonyl (C=O) groups excluding carboxylic acids is 1. The van der Waals surface area contributed by atoms with Crippen LogP contribution in [0.25, 0.3) is 22.1 Å². The number of aromatic nitrogens is 1. The molecule has 0 spiro atoms. The van der Waals surface area contributed by atoms with E-state index in [9.17, 15) is 4.79 Å². The molecule has 0 aliphatic carbocycles. The van der Waals surface area contributed by atoms with E-state index in [1.807, 2.05) is 47.8 Å². The van der Waals surface area contributed by atoms with Crippen molar-refractivity contribution in [2.24, 2.45) is 0 Å². The van der Waals surface area contributed by atoms with Gasteiger partial charge in [0, 0.05) is 35.6 Å². The van der Waals surface area contributed by atoms with Crippen LogP contribution >= 0.6 is 11.3 Å². The highest BCUT2D eigenvalue weighted by molar-refractivity contribution is 7.13. The van der Waals surface area contributed by atoms with Gasteiger partial charge in [-0.15, -0.1) is 11.3 Å². The molecular formula is C20H16N2O3S. The fraction of sp³-hybridized carbons (Fsp3) is 0.100. The summed E-state index contributed by atoms with van der Waals surface area (Å²) in [5, 5.41) is 3.32. The van der Waals surface area contributed by atoms with Crippen molar-refractivity contribution >= 4 is 33.3 Å². The molecule has 0 aliphatic heterocycles. The van der Waals surface area contributed by atoms with Crippen molar-refractivity contribution in [3.63, 3.8) is 0 Å². The molecule has 5 nitrogen and oxygen atoms in total. The van der Waals surface area contributed by atoms with Gasteiger partial charge >= 0.3 is 0 Å². The van der Waals surface area contributed by atoms with Crippen LogP contribution in [0.3, 0.4) is 0 Å². The highest BCUT2D eigenvalue weighted by Gasteiger charge is 2.26. The van der Waals surface area contributed by atoms with E-state index in [1.165, 1.54) is 16.2 Å². The Hall–Kier alpha value is -3.12. The number of hydrogen-bond acceptors (Lipinski definition) is 5. The van der Waals surface area contributed by atoms with E-state index >= 15 is 0 Å². The molecule has 0 bridgehead atoms. The summed E-state index contributed by atoms with van der Waals surface area (Å²) in [6.45, 7) is 0. The van der Waals surface area contributed by atoms with Crippen LogP contribution in [0.4, 0.5) is 5.13 Å². The summed E-state index contributed by atoms with van der Waals surface area (Å²) in [7, 11) is 3.30. The lowest BCUT2D eigenvalue weighted by molar-refractivity contribution is 0.0969. The molecule has 26 heavy (non-hydrogen) atoms. The van der Waals surface area contributed by atoms with Gasteiger partial charge in [-0.3, -0.25) is 9.69 Å². The minimum Gasteiger partial charge on any atom is -0.497 e. The Labute approximate surface area is 154 Å². The Morgan fingerprint density at radius 3 is 2.69 bits per heavy atom. The van der Waals surface area contributed by atoms with E-state index in [4.69, 9.17) is 9.15 Å². The third-order valence-corrected chi connectivity index (χ3v) is 5.01. The maximum atomic E-state index is 13.1. The second kappa shape index (κ2) is 6.65. The van der Waals surface area contributed by atoms with Crippen molar-refractivity contribution in [3.05, 3.63) is 65.9 Å². The third kappa shape index (κ3) is 2.74. The molecule has 2 heterocycles. The smallest absolute Gasteiger partial charge is 0.296 e. The molecule has 0 radical (unpaired) electrons. The van der Waals surface area contributed by atoms with Crippen molar-refractivity contribution in [2.45, 2.75) is 0 Å². The molecule has 2 aromatic carbocycles. The molecule has 0 unspecified atom stereocenters. The standard InChI is InChI=1S/C20H16N2O3S/c1-22(20-21-10-11-26-20)19(23)18-17(13-6-4-3-5-7-13)15-9-8-14(24-2)12-16(15)25-18/h3-12H,1-2H3. The lowest BCUT2D eigenvalue weighted by Crippen LogP contribution is -2.26. The molecule has 0 saturated carbocycles. The predicted molar refractivity (Wildman–Crippen MR) is 103 cm³/mol. The SMILES string of the molecule is COc1ccc2c(-c3ccccc3)c(C(=O)N(C)c3nccs3)oc2c1. The Morgan fingerprint density at radius 2 is 2.00 bits per heavy atom. The summed E-state index contributed by atoms with van der Waals surface area (Å²) in [4.78, 5) is 18.8. The first-order valence-electron chi connectivity index (χ1n) is 8.02. The van der Waals surface area contributed by atoms with Gasteiger partial charge in [-0.1, -0.05) is 30.3 Å². The van der Waals surface area contributed by atoms with Gasteiger partial charge in [-0.2, -0.15) is 0 Å². The number of thiazole rings is 1. The number of amides is 1. The number of methoxy groups -OCH3 is 1. The molecule has 1 amide bonds. The lowest BCUT2D eigenvalue weighted by Gasteiger charge is -2.13. The number of fused-ring (bicyclic) bond motifs is 1. The molecule has 0 N–H and O–H groups in total. The summed E-state index contributed by atoms with van der Waals surface area (Å²) in [5.41, 5.74) is 2.31. The maximum absolute atomic E-state index is 13.1. The molecular weight excluding hydrogens is 348 g/mol. The number of rotatable bonds is 4. The average molecular weight is 364 g/mol. The van der Waals surface area contributed by atoms with E-state index in [0.717, 1.165) is 16.5 Å². The van der Waals surface area contributed by atoms with Gasteiger partial charge in [0.05, 0.1) is 7.11 Å². The zero-order valence-electron chi connectivity index (χ0n) is 14.3. The van der Waals surface area contributed by atoms with Crippen LogP contribution in [0, 0.1) is 0 Å². The predicted octanol–water partition coefficient (Wildman–Crippen LogP) is 4.84. The van der Waals surface area contributed by atoms with Crippen molar-refractivity contribution in [3.8, 4) is 16.9 Å². The quantitative estimate of drug-likeness (QED) is 0.520. The van der Waals surface area contributed by atoms with Crippen molar-refractivity contribution in [1.82, 2.24) is 4.98 Å². The van der Waals surface area contributed by atoms with Gasteiger partial charge in [-0.05, 0) is 17.7 Å². The normalized spacial score (nSPS) is 10.8. The van der Waals surface area contributed by atoms with Crippen molar-refractivity contribution in [1.29, 1.82) is 0 Å². The van der Waals surface area contributed by atoms with Crippen LogP contribution in [0.1, 0.15) is 10.6 Å². The molecule has 4 rings (SSSR count). The largest absolute Gasteiger partial charge is 0.497 e. The molecule has 6 heteroatoms. The fourth-order valence-corrected chi connectivity index (χ4v) is 3.47. The monoisotopic (exact) mass is 364 g/mol. The number of anilines is 1. The molecule has 0 saturated heterocycles. The van der Waals surface area contributed by atoms with Crippen LogP contribution in [0.2, 0.25) is 0 Å². The second-order valence-electron chi connectivity index (χ2n) is 5.71. The summed E-state index contributed by atoms with van der Waals surface area (Å²) in [6, 6.07) is 15.3. The van der Waals surface area contributed by atoms with Crippen LogP contribution in [0.5, 0.6) is 5.75 Å². The maximum Gasteiger partial charge on any atom is 0.296 e. The Kier molecular flexibility index (Phi) is 4.18. The number of carbonyl (C=O) groups is 1. The number of nitrogens with zero attached hydrogens (tertiary/aromatic N) is 2. The minimum atomic E-state index is -0.242. The summed E-state index contributed by atoms with van der Waals surface area (Å²) < 4.78 is 11.3. The van der Waals surface area contributed by atoms with Gasteiger partial charge in [-0.25, -0.2) is 4.98 Å². The zero-order chi connectivity index (χ0) is 18.1. The molecule has 0 atom stereocenters. The fourth-order valence-electron chi connectivity index (χ4n) is 2.87. The van der Waals surface area contributed by atoms with Crippen LogP contribution in [0.15, 0.2) is 64.5 Å². The molecule has 0 fully saturated rings. The van der Waals surface area contributed by atoms with Gasteiger partial charge in [0.2, 0.25) is 5.76 Å². The Morgan fingerprint density at radius 1 is 1.19 bits per heavy atom. The average Bonchev–Trinajstić information content (AvgIpc) is 3.34. The van der Waals surface area contributed by atoms with Crippen LogP contribution in [-0.4, -0.2) is 25.0 Å². The summed E-state index contributed by atoms with van der Waals surface area (Å²) in [6.07, 6.45) is 1.67. The minimum absolute atomic E-state index is 0.242. The highest BCUT2D eigenvalue weighted by Crippen LogP contribution is 2.37. The van der Waals surface area contributed by atoms with E-state index in [0.29, 0.717) is 16.5 Å². The molecule has 2 aromatic heterocycles. The summed E-state index contributed by atoms with van der Waals surface area (Å²) in [5.74, 6) is 0.726. The first-order chi connectivity index (χ1) is 12.7.